The van der Waals surface area contributed by atoms with Gasteiger partial charge in [-0.05, 0) is 32.4 Å². The Kier molecular flexibility index (Phi) is 7.29. The number of rotatable bonds is 7. The molecule has 2 heterocycles. The standard InChI is InChI=1S/C20H31N3O3/c1-16-14-17(6-7-21-16)20(24)22-15-18-4-2-3-5-19(18)26-13-10-23-8-11-25-12-9-23/h2-5,16-17,21H,6-15H2,1H3,(H,22,24)/t16-,17-/m0/s1. The number of ether oxygens (including phenoxy) is 2. The Morgan fingerprint density at radius 3 is 2.96 bits per heavy atom. The maximum atomic E-state index is 12.5. The lowest BCUT2D eigenvalue weighted by Gasteiger charge is -2.27. The number of nitrogens with one attached hydrogen (secondary N) is 2. The van der Waals surface area contributed by atoms with Crippen LogP contribution < -0.4 is 15.4 Å². The second kappa shape index (κ2) is 9.90. The summed E-state index contributed by atoms with van der Waals surface area (Å²) in [6, 6.07) is 8.38. The molecule has 0 unspecified atom stereocenters. The molecule has 2 saturated heterocycles. The van der Waals surface area contributed by atoms with Crippen LogP contribution in [-0.2, 0) is 16.1 Å². The number of nitrogens with zero attached hydrogens (tertiary/aromatic N) is 1. The predicted octanol–water partition coefficient (Wildman–Crippen LogP) is 1.40. The minimum absolute atomic E-state index is 0.112. The molecule has 0 aromatic heterocycles. The van der Waals surface area contributed by atoms with Gasteiger partial charge in [0.15, 0.2) is 0 Å². The normalized spacial score (nSPS) is 24.2. The van der Waals surface area contributed by atoms with Gasteiger partial charge in [0.05, 0.1) is 13.2 Å². The molecule has 0 saturated carbocycles. The lowest BCUT2D eigenvalue weighted by Crippen LogP contribution is -2.42. The van der Waals surface area contributed by atoms with Crippen molar-refractivity contribution in [2.45, 2.75) is 32.4 Å². The Morgan fingerprint density at radius 1 is 1.35 bits per heavy atom. The molecule has 0 bridgehead atoms. The molecule has 2 fully saturated rings. The van der Waals surface area contributed by atoms with Gasteiger partial charge >= 0.3 is 0 Å². The molecule has 1 aromatic carbocycles. The van der Waals surface area contributed by atoms with Crippen molar-refractivity contribution in [1.29, 1.82) is 0 Å². The number of piperidine rings is 1. The maximum Gasteiger partial charge on any atom is 0.223 e. The molecule has 0 radical (unpaired) electrons. The smallest absolute Gasteiger partial charge is 0.223 e. The summed E-state index contributed by atoms with van der Waals surface area (Å²) in [7, 11) is 0. The van der Waals surface area contributed by atoms with Gasteiger partial charge in [-0.2, -0.15) is 0 Å². The first-order valence-electron chi connectivity index (χ1n) is 9.74. The number of hydrogen-bond acceptors (Lipinski definition) is 5. The average Bonchev–Trinajstić information content (AvgIpc) is 2.68. The van der Waals surface area contributed by atoms with Crippen LogP contribution in [0.3, 0.4) is 0 Å². The predicted molar refractivity (Wildman–Crippen MR) is 101 cm³/mol. The van der Waals surface area contributed by atoms with E-state index >= 15 is 0 Å². The van der Waals surface area contributed by atoms with Crippen LogP contribution in [0.1, 0.15) is 25.3 Å². The third kappa shape index (κ3) is 5.69. The monoisotopic (exact) mass is 361 g/mol. The molecule has 1 amide bonds. The highest BCUT2D eigenvalue weighted by molar-refractivity contribution is 5.78. The topological polar surface area (TPSA) is 62.8 Å². The number of amides is 1. The van der Waals surface area contributed by atoms with E-state index in [1.54, 1.807) is 0 Å². The molecular formula is C20H31N3O3. The van der Waals surface area contributed by atoms with Crippen LogP contribution in [0.5, 0.6) is 5.75 Å². The third-order valence-corrected chi connectivity index (χ3v) is 5.19. The van der Waals surface area contributed by atoms with Crippen molar-refractivity contribution < 1.29 is 14.3 Å². The van der Waals surface area contributed by atoms with E-state index in [4.69, 9.17) is 9.47 Å². The van der Waals surface area contributed by atoms with Crippen LogP contribution in [-0.4, -0.2) is 62.8 Å². The fourth-order valence-electron chi connectivity index (χ4n) is 3.60. The van der Waals surface area contributed by atoms with Crippen LogP contribution in [0.4, 0.5) is 0 Å². The van der Waals surface area contributed by atoms with Gasteiger partial charge in [0.1, 0.15) is 12.4 Å². The maximum absolute atomic E-state index is 12.5. The third-order valence-electron chi connectivity index (χ3n) is 5.19. The van der Waals surface area contributed by atoms with Crippen molar-refractivity contribution in [2.24, 2.45) is 5.92 Å². The van der Waals surface area contributed by atoms with E-state index in [-0.39, 0.29) is 11.8 Å². The summed E-state index contributed by atoms with van der Waals surface area (Å²) in [5.41, 5.74) is 1.03. The molecule has 6 nitrogen and oxygen atoms in total. The zero-order valence-electron chi connectivity index (χ0n) is 15.7. The molecule has 2 atom stereocenters. The first-order chi connectivity index (χ1) is 12.7. The number of carbonyl (C=O) groups excluding carboxylic acids is 1. The van der Waals surface area contributed by atoms with Crippen molar-refractivity contribution in [1.82, 2.24) is 15.5 Å². The van der Waals surface area contributed by atoms with E-state index in [9.17, 15) is 4.79 Å². The number of para-hydroxylation sites is 1. The molecule has 26 heavy (non-hydrogen) atoms. The largest absolute Gasteiger partial charge is 0.492 e. The first kappa shape index (κ1) is 19.1. The second-order valence-corrected chi connectivity index (χ2v) is 7.20. The zero-order valence-corrected chi connectivity index (χ0v) is 15.7. The van der Waals surface area contributed by atoms with Crippen molar-refractivity contribution in [2.75, 3.05) is 46.0 Å². The van der Waals surface area contributed by atoms with Crippen molar-refractivity contribution in [3.05, 3.63) is 29.8 Å². The van der Waals surface area contributed by atoms with Crippen LogP contribution >= 0.6 is 0 Å². The van der Waals surface area contributed by atoms with Gasteiger partial charge in [-0.25, -0.2) is 0 Å². The van der Waals surface area contributed by atoms with Gasteiger partial charge in [0.25, 0.3) is 0 Å². The van der Waals surface area contributed by atoms with Gasteiger partial charge in [-0.3, -0.25) is 9.69 Å². The Hall–Kier alpha value is -1.63. The average molecular weight is 361 g/mol. The SMILES string of the molecule is C[C@H]1C[C@@H](C(=O)NCc2ccccc2OCCN2CCOCC2)CCN1. The quantitative estimate of drug-likeness (QED) is 0.769. The van der Waals surface area contributed by atoms with E-state index in [1.807, 2.05) is 24.3 Å². The Bertz CT molecular complexity index is 575. The van der Waals surface area contributed by atoms with E-state index in [1.165, 1.54) is 0 Å². The molecule has 0 spiro atoms. The Labute approximate surface area is 156 Å². The van der Waals surface area contributed by atoms with E-state index in [0.717, 1.165) is 63.5 Å². The minimum atomic E-state index is 0.112. The Balaban J connectivity index is 1.46. The zero-order chi connectivity index (χ0) is 18.2. The van der Waals surface area contributed by atoms with Crippen molar-refractivity contribution in [3.63, 3.8) is 0 Å². The summed E-state index contributed by atoms with van der Waals surface area (Å²) in [6.07, 6.45) is 1.82. The van der Waals surface area contributed by atoms with Gasteiger partial charge in [0, 0.05) is 43.7 Å². The molecule has 3 rings (SSSR count). The summed E-state index contributed by atoms with van der Waals surface area (Å²) >= 11 is 0. The summed E-state index contributed by atoms with van der Waals surface area (Å²) in [4.78, 5) is 14.8. The fourth-order valence-corrected chi connectivity index (χ4v) is 3.60. The lowest BCUT2D eigenvalue weighted by molar-refractivity contribution is -0.126. The highest BCUT2D eigenvalue weighted by Crippen LogP contribution is 2.19. The summed E-state index contributed by atoms with van der Waals surface area (Å²) < 4.78 is 11.4. The summed E-state index contributed by atoms with van der Waals surface area (Å²) in [6.45, 7) is 8.66. The number of hydrogen-bond donors (Lipinski definition) is 2. The summed E-state index contributed by atoms with van der Waals surface area (Å²) in [5.74, 6) is 1.13. The molecule has 1 aromatic rings. The molecule has 0 aliphatic carbocycles. The second-order valence-electron chi connectivity index (χ2n) is 7.20. The fraction of sp³-hybridized carbons (Fsp3) is 0.650. The summed E-state index contributed by atoms with van der Waals surface area (Å²) in [5, 5.41) is 6.48. The van der Waals surface area contributed by atoms with Gasteiger partial charge in [-0.1, -0.05) is 18.2 Å². The van der Waals surface area contributed by atoms with Gasteiger partial charge in [-0.15, -0.1) is 0 Å². The van der Waals surface area contributed by atoms with Gasteiger partial charge < -0.3 is 20.1 Å². The van der Waals surface area contributed by atoms with Crippen LogP contribution in [0.15, 0.2) is 24.3 Å². The van der Waals surface area contributed by atoms with Gasteiger partial charge in [0.2, 0.25) is 5.91 Å². The molecule has 6 heteroatoms. The van der Waals surface area contributed by atoms with E-state index in [0.29, 0.717) is 19.2 Å². The number of morpholine rings is 1. The Morgan fingerprint density at radius 2 is 2.15 bits per heavy atom. The molecule has 2 N–H and O–H groups in total. The number of benzene rings is 1. The van der Waals surface area contributed by atoms with E-state index < -0.39 is 0 Å². The van der Waals surface area contributed by atoms with Crippen LogP contribution in [0, 0.1) is 5.92 Å². The van der Waals surface area contributed by atoms with Crippen molar-refractivity contribution >= 4 is 5.91 Å². The highest BCUT2D eigenvalue weighted by Gasteiger charge is 2.24. The molecule has 2 aliphatic heterocycles. The van der Waals surface area contributed by atoms with Crippen molar-refractivity contribution in [3.8, 4) is 5.75 Å². The number of carbonyl (C=O) groups is 1. The first-order valence-corrected chi connectivity index (χ1v) is 9.74. The molecular weight excluding hydrogens is 330 g/mol. The highest BCUT2D eigenvalue weighted by atomic mass is 16.5. The molecule has 144 valence electrons. The van der Waals surface area contributed by atoms with Crippen LogP contribution in [0.2, 0.25) is 0 Å². The van der Waals surface area contributed by atoms with Crippen LogP contribution in [0.25, 0.3) is 0 Å². The molecule has 2 aliphatic rings. The minimum Gasteiger partial charge on any atom is -0.492 e. The lowest BCUT2D eigenvalue weighted by atomic mass is 9.92. The van der Waals surface area contributed by atoms with E-state index in [2.05, 4.69) is 22.5 Å².